The van der Waals surface area contributed by atoms with Crippen LogP contribution in [0.1, 0.15) is 59.3 Å². The van der Waals surface area contributed by atoms with Crippen molar-refractivity contribution in [1.29, 1.82) is 0 Å². The molecule has 1 fully saturated rings. The Kier molecular flexibility index (Phi) is 5.77. The van der Waals surface area contributed by atoms with E-state index in [1.54, 1.807) is 0 Å². The van der Waals surface area contributed by atoms with Gasteiger partial charge in [-0.15, -0.1) is 0 Å². The largest absolute Gasteiger partial charge is 0.390 e. The molecule has 0 amide bonds. The third-order valence-electron chi connectivity index (χ3n) is 3.66. The molecular weight excluding hydrogens is 198 g/mol. The zero-order valence-corrected chi connectivity index (χ0v) is 11.3. The molecule has 0 unspecified atom stereocenters. The van der Waals surface area contributed by atoms with Crippen LogP contribution in [-0.2, 0) is 0 Å². The molecule has 96 valence electrons. The van der Waals surface area contributed by atoms with Crippen molar-refractivity contribution < 1.29 is 5.11 Å². The van der Waals surface area contributed by atoms with Gasteiger partial charge in [0, 0.05) is 19.6 Å². The number of nitrogens with zero attached hydrogens (tertiary/aromatic N) is 1. The molecule has 0 spiro atoms. The van der Waals surface area contributed by atoms with Crippen LogP contribution in [0.2, 0.25) is 0 Å². The molecule has 1 aliphatic rings. The molecule has 0 aromatic heterocycles. The Hall–Kier alpha value is -0.0800. The van der Waals surface area contributed by atoms with Gasteiger partial charge < -0.3 is 10.0 Å². The second kappa shape index (κ2) is 6.61. The van der Waals surface area contributed by atoms with Crippen molar-refractivity contribution in [3.05, 3.63) is 0 Å². The lowest BCUT2D eigenvalue weighted by molar-refractivity contribution is -0.0311. The molecule has 1 heterocycles. The van der Waals surface area contributed by atoms with Gasteiger partial charge in [-0.2, -0.15) is 0 Å². The lowest BCUT2D eigenvalue weighted by Gasteiger charge is -2.39. The minimum Gasteiger partial charge on any atom is -0.390 e. The molecule has 0 atom stereocenters. The van der Waals surface area contributed by atoms with Gasteiger partial charge in [0.15, 0.2) is 0 Å². The van der Waals surface area contributed by atoms with E-state index in [2.05, 4.69) is 25.7 Å². The maximum atomic E-state index is 10.4. The van der Waals surface area contributed by atoms with Gasteiger partial charge in [0.1, 0.15) is 0 Å². The van der Waals surface area contributed by atoms with Crippen molar-refractivity contribution in [2.45, 2.75) is 64.9 Å². The summed E-state index contributed by atoms with van der Waals surface area (Å²) in [7, 11) is 0. The van der Waals surface area contributed by atoms with Crippen LogP contribution in [0.4, 0.5) is 0 Å². The van der Waals surface area contributed by atoms with E-state index in [0.717, 1.165) is 38.3 Å². The van der Waals surface area contributed by atoms with Gasteiger partial charge in [-0.05, 0) is 25.2 Å². The van der Waals surface area contributed by atoms with Gasteiger partial charge in [-0.3, -0.25) is 0 Å². The first kappa shape index (κ1) is 14.0. The molecule has 0 radical (unpaired) electrons. The predicted molar refractivity (Wildman–Crippen MR) is 69.6 cm³/mol. The Bertz CT molecular complexity index is 183. The second-order valence-corrected chi connectivity index (χ2v) is 5.88. The number of rotatable bonds is 6. The summed E-state index contributed by atoms with van der Waals surface area (Å²) in [5, 5.41) is 10.4. The summed E-state index contributed by atoms with van der Waals surface area (Å²) in [4.78, 5) is 2.50. The number of hydrogen-bond donors (Lipinski definition) is 1. The zero-order valence-electron chi connectivity index (χ0n) is 11.3. The van der Waals surface area contributed by atoms with Gasteiger partial charge in [0.25, 0.3) is 0 Å². The van der Waals surface area contributed by atoms with Crippen molar-refractivity contribution in [2.75, 3.05) is 19.6 Å². The van der Waals surface area contributed by atoms with Crippen molar-refractivity contribution in [3.8, 4) is 0 Å². The molecule has 0 saturated carbocycles. The lowest BCUT2D eigenvalue weighted by Crippen LogP contribution is -2.45. The van der Waals surface area contributed by atoms with E-state index in [1.807, 2.05) is 0 Å². The van der Waals surface area contributed by atoms with Crippen LogP contribution >= 0.6 is 0 Å². The average Bonchev–Trinajstić information content (AvgIpc) is 2.22. The van der Waals surface area contributed by atoms with Crippen LogP contribution in [0.3, 0.4) is 0 Å². The van der Waals surface area contributed by atoms with Crippen LogP contribution in [0.25, 0.3) is 0 Å². The number of hydrogen-bond acceptors (Lipinski definition) is 2. The molecule has 16 heavy (non-hydrogen) atoms. The molecule has 2 nitrogen and oxygen atoms in total. The van der Waals surface area contributed by atoms with Crippen molar-refractivity contribution in [3.63, 3.8) is 0 Å². The van der Waals surface area contributed by atoms with E-state index in [9.17, 15) is 5.11 Å². The number of likely N-dealkylation sites (tertiary alicyclic amines) is 1. The van der Waals surface area contributed by atoms with Gasteiger partial charge >= 0.3 is 0 Å². The van der Waals surface area contributed by atoms with E-state index in [4.69, 9.17) is 0 Å². The van der Waals surface area contributed by atoms with Gasteiger partial charge in [0.2, 0.25) is 0 Å². The first-order valence-electron chi connectivity index (χ1n) is 7.00. The highest BCUT2D eigenvalue weighted by Crippen LogP contribution is 2.28. The Balaban J connectivity index is 2.23. The van der Waals surface area contributed by atoms with Crippen LogP contribution < -0.4 is 0 Å². The molecule has 1 N–H and O–H groups in total. The highest BCUT2D eigenvalue weighted by atomic mass is 16.3. The van der Waals surface area contributed by atoms with Crippen molar-refractivity contribution >= 4 is 0 Å². The fraction of sp³-hybridized carbons (Fsp3) is 1.00. The maximum Gasteiger partial charge on any atom is 0.0672 e. The molecular formula is C14H29NO. The van der Waals surface area contributed by atoms with Gasteiger partial charge in [0.05, 0.1) is 5.60 Å². The van der Waals surface area contributed by atoms with Crippen molar-refractivity contribution in [1.82, 2.24) is 4.90 Å². The fourth-order valence-electron chi connectivity index (χ4n) is 2.62. The van der Waals surface area contributed by atoms with E-state index < -0.39 is 0 Å². The third-order valence-corrected chi connectivity index (χ3v) is 3.66. The van der Waals surface area contributed by atoms with Crippen molar-refractivity contribution in [2.24, 2.45) is 5.92 Å². The normalized spacial score (nSPS) is 21.6. The molecule has 1 rings (SSSR count). The highest BCUT2D eigenvalue weighted by molar-refractivity contribution is 4.85. The van der Waals surface area contributed by atoms with E-state index in [-0.39, 0.29) is 5.60 Å². The summed E-state index contributed by atoms with van der Waals surface area (Å²) < 4.78 is 0. The molecule has 2 heteroatoms. The second-order valence-electron chi connectivity index (χ2n) is 5.88. The number of aliphatic hydroxyl groups is 1. The first-order valence-corrected chi connectivity index (χ1v) is 7.00. The van der Waals surface area contributed by atoms with E-state index in [0.29, 0.717) is 0 Å². The van der Waals surface area contributed by atoms with E-state index in [1.165, 1.54) is 25.8 Å². The number of unbranched alkanes of at least 4 members (excludes halogenated alkanes) is 2. The first-order chi connectivity index (χ1) is 7.56. The van der Waals surface area contributed by atoms with Gasteiger partial charge in [-0.1, -0.05) is 40.0 Å². The average molecular weight is 227 g/mol. The SMILES string of the molecule is CCCCCC1(O)CCN(CC(C)C)CC1. The van der Waals surface area contributed by atoms with Crippen LogP contribution in [0.15, 0.2) is 0 Å². The van der Waals surface area contributed by atoms with Crippen LogP contribution in [-0.4, -0.2) is 35.2 Å². The molecule has 1 saturated heterocycles. The summed E-state index contributed by atoms with van der Waals surface area (Å²) in [5.41, 5.74) is -0.345. The molecule has 1 aliphatic heterocycles. The fourth-order valence-corrected chi connectivity index (χ4v) is 2.62. The summed E-state index contributed by atoms with van der Waals surface area (Å²) >= 11 is 0. The Morgan fingerprint density at radius 2 is 1.81 bits per heavy atom. The van der Waals surface area contributed by atoms with Crippen LogP contribution in [0, 0.1) is 5.92 Å². The summed E-state index contributed by atoms with van der Waals surface area (Å²) in [6.45, 7) is 10.1. The maximum absolute atomic E-state index is 10.4. The Morgan fingerprint density at radius 3 is 2.31 bits per heavy atom. The minimum atomic E-state index is -0.345. The third kappa shape index (κ3) is 4.84. The summed E-state index contributed by atoms with van der Waals surface area (Å²) in [5.74, 6) is 0.742. The van der Waals surface area contributed by atoms with E-state index >= 15 is 0 Å². The smallest absolute Gasteiger partial charge is 0.0672 e. The molecule has 0 aliphatic carbocycles. The number of piperidine rings is 1. The summed E-state index contributed by atoms with van der Waals surface area (Å²) in [6.07, 6.45) is 6.66. The molecule has 0 aromatic carbocycles. The van der Waals surface area contributed by atoms with Crippen LogP contribution in [0.5, 0.6) is 0 Å². The predicted octanol–water partition coefficient (Wildman–Crippen LogP) is 3.05. The Labute approximate surface area is 101 Å². The summed E-state index contributed by atoms with van der Waals surface area (Å²) in [6, 6.07) is 0. The van der Waals surface area contributed by atoms with Gasteiger partial charge in [-0.25, -0.2) is 0 Å². The standard InChI is InChI=1S/C14H29NO/c1-4-5-6-7-14(16)8-10-15(11-9-14)12-13(2)3/h13,16H,4-12H2,1-3H3. The minimum absolute atomic E-state index is 0.345. The quantitative estimate of drug-likeness (QED) is 0.705. The molecule has 0 aromatic rings. The molecule has 0 bridgehead atoms. The monoisotopic (exact) mass is 227 g/mol. The highest BCUT2D eigenvalue weighted by Gasteiger charge is 2.31. The lowest BCUT2D eigenvalue weighted by atomic mass is 9.86. The Morgan fingerprint density at radius 1 is 1.19 bits per heavy atom. The zero-order chi connectivity index (χ0) is 12.0. The topological polar surface area (TPSA) is 23.5 Å².